The minimum absolute atomic E-state index is 0.0108. The van der Waals surface area contributed by atoms with E-state index in [-0.39, 0.29) is 11.3 Å². The van der Waals surface area contributed by atoms with Crippen LogP contribution in [-0.4, -0.2) is 40.5 Å². The Morgan fingerprint density at radius 1 is 1.53 bits per heavy atom. The second-order valence-electron chi connectivity index (χ2n) is 3.84. The highest BCUT2D eigenvalue weighted by Gasteiger charge is 2.26. The lowest BCUT2D eigenvalue weighted by Crippen LogP contribution is -2.42. The molecular formula is C10H12N4O4S. The number of carboxylic acid groups (broad SMARTS) is 1. The lowest BCUT2D eigenvalue weighted by Gasteiger charge is -2.13. The standard InChI is InChI=1S/C10H12N4O4S/c15-10(16)9(3-7-4-12-6-13-7)14-19(17,18)8-1-2-11-5-8/h1-2,4-6,9,11,14H,3H2,(H,12,13)(H,15,16)/t9-/m1/s1. The van der Waals surface area contributed by atoms with Crippen LogP contribution >= 0.6 is 0 Å². The van der Waals surface area contributed by atoms with Crippen LogP contribution in [0.5, 0.6) is 0 Å². The molecule has 2 aromatic rings. The maximum absolute atomic E-state index is 11.9. The van der Waals surface area contributed by atoms with Gasteiger partial charge in [0, 0.05) is 30.7 Å². The van der Waals surface area contributed by atoms with Crippen LogP contribution in [0.3, 0.4) is 0 Å². The molecule has 2 rings (SSSR count). The van der Waals surface area contributed by atoms with E-state index in [2.05, 4.69) is 19.7 Å². The number of carbonyl (C=O) groups is 1. The highest BCUT2D eigenvalue weighted by molar-refractivity contribution is 7.89. The van der Waals surface area contributed by atoms with Crippen molar-refractivity contribution >= 4 is 16.0 Å². The van der Waals surface area contributed by atoms with Gasteiger partial charge >= 0.3 is 5.97 Å². The number of rotatable bonds is 6. The molecule has 0 amide bonds. The van der Waals surface area contributed by atoms with Crippen LogP contribution < -0.4 is 4.72 Å². The van der Waals surface area contributed by atoms with E-state index in [0.29, 0.717) is 5.69 Å². The highest BCUT2D eigenvalue weighted by Crippen LogP contribution is 2.09. The average molecular weight is 284 g/mol. The Morgan fingerprint density at radius 2 is 2.32 bits per heavy atom. The zero-order valence-electron chi connectivity index (χ0n) is 9.70. The van der Waals surface area contributed by atoms with Gasteiger partial charge in [0.1, 0.15) is 6.04 Å². The number of hydrogen-bond acceptors (Lipinski definition) is 4. The molecule has 0 fully saturated rings. The summed E-state index contributed by atoms with van der Waals surface area (Å²) < 4.78 is 26.0. The molecule has 0 aromatic carbocycles. The van der Waals surface area contributed by atoms with Crippen molar-refractivity contribution < 1.29 is 18.3 Å². The number of imidazole rings is 1. The second-order valence-corrected chi connectivity index (χ2v) is 5.55. The number of aromatic nitrogens is 3. The molecule has 4 N–H and O–H groups in total. The first-order valence-electron chi connectivity index (χ1n) is 5.34. The van der Waals surface area contributed by atoms with Gasteiger partial charge < -0.3 is 15.1 Å². The maximum Gasteiger partial charge on any atom is 0.322 e. The molecular weight excluding hydrogens is 272 g/mol. The van der Waals surface area contributed by atoms with Gasteiger partial charge in [0.25, 0.3) is 0 Å². The summed E-state index contributed by atoms with van der Waals surface area (Å²) in [5.41, 5.74) is 0.532. The predicted molar refractivity (Wildman–Crippen MR) is 64.8 cm³/mol. The van der Waals surface area contributed by atoms with Gasteiger partial charge in [-0.2, -0.15) is 4.72 Å². The van der Waals surface area contributed by atoms with Crippen LogP contribution in [0, 0.1) is 0 Å². The second kappa shape index (κ2) is 5.24. The van der Waals surface area contributed by atoms with E-state index in [0.717, 1.165) is 0 Å². The van der Waals surface area contributed by atoms with Crippen molar-refractivity contribution in [3.05, 3.63) is 36.7 Å². The largest absolute Gasteiger partial charge is 0.480 e. The summed E-state index contributed by atoms with van der Waals surface area (Å²) in [6.45, 7) is 0. The molecule has 0 radical (unpaired) electrons. The van der Waals surface area contributed by atoms with Crippen LogP contribution in [0.15, 0.2) is 35.9 Å². The third-order valence-corrected chi connectivity index (χ3v) is 3.92. The van der Waals surface area contributed by atoms with Crippen LogP contribution in [0.1, 0.15) is 5.69 Å². The summed E-state index contributed by atoms with van der Waals surface area (Å²) in [6, 6.07) is 0.0811. The molecule has 2 heterocycles. The third-order valence-electron chi connectivity index (χ3n) is 2.45. The summed E-state index contributed by atoms with van der Waals surface area (Å²) in [4.78, 5) is 20.2. The quantitative estimate of drug-likeness (QED) is 0.579. The summed E-state index contributed by atoms with van der Waals surface area (Å²) in [5.74, 6) is -1.26. The van der Waals surface area contributed by atoms with Gasteiger partial charge in [0.2, 0.25) is 10.0 Å². The van der Waals surface area contributed by atoms with Gasteiger partial charge in [0.05, 0.1) is 11.2 Å². The number of aliphatic carboxylic acids is 1. The first-order valence-corrected chi connectivity index (χ1v) is 6.82. The zero-order chi connectivity index (χ0) is 13.9. The summed E-state index contributed by atoms with van der Waals surface area (Å²) in [5, 5.41) is 9.06. The Kier molecular flexibility index (Phi) is 3.67. The normalized spacial score (nSPS) is 13.3. The number of carboxylic acids is 1. The Balaban J connectivity index is 2.15. The highest BCUT2D eigenvalue weighted by atomic mass is 32.2. The minimum Gasteiger partial charge on any atom is -0.480 e. The van der Waals surface area contributed by atoms with Crippen LogP contribution in [0.4, 0.5) is 0 Å². The van der Waals surface area contributed by atoms with Crippen molar-refractivity contribution in [2.24, 2.45) is 0 Å². The topological polar surface area (TPSA) is 128 Å². The smallest absolute Gasteiger partial charge is 0.322 e. The number of nitrogens with one attached hydrogen (secondary N) is 3. The maximum atomic E-state index is 11.9. The van der Waals surface area contributed by atoms with Crippen molar-refractivity contribution in [1.29, 1.82) is 0 Å². The summed E-state index contributed by atoms with van der Waals surface area (Å²) in [6.07, 6.45) is 5.55. The molecule has 0 aliphatic rings. The number of aromatic amines is 2. The Morgan fingerprint density at radius 3 is 2.84 bits per heavy atom. The molecule has 0 aliphatic carbocycles. The van der Waals surface area contributed by atoms with E-state index in [9.17, 15) is 13.2 Å². The lowest BCUT2D eigenvalue weighted by atomic mass is 10.2. The van der Waals surface area contributed by atoms with Gasteiger partial charge in [-0.15, -0.1) is 0 Å². The summed E-state index contributed by atoms with van der Waals surface area (Å²) >= 11 is 0. The fourth-order valence-corrected chi connectivity index (χ4v) is 2.69. The van der Waals surface area contributed by atoms with Gasteiger partial charge in [-0.05, 0) is 6.07 Å². The van der Waals surface area contributed by atoms with Gasteiger partial charge in [-0.1, -0.05) is 0 Å². The molecule has 0 bridgehead atoms. The van der Waals surface area contributed by atoms with Crippen molar-refractivity contribution in [3.8, 4) is 0 Å². The van der Waals surface area contributed by atoms with E-state index in [1.165, 1.54) is 31.0 Å². The van der Waals surface area contributed by atoms with E-state index in [1.807, 2.05) is 0 Å². The fraction of sp³-hybridized carbons (Fsp3) is 0.200. The van der Waals surface area contributed by atoms with Crippen molar-refractivity contribution in [2.75, 3.05) is 0 Å². The van der Waals surface area contributed by atoms with Gasteiger partial charge in [0.15, 0.2) is 0 Å². The van der Waals surface area contributed by atoms with Gasteiger partial charge in [-0.3, -0.25) is 4.79 Å². The van der Waals surface area contributed by atoms with Crippen molar-refractivity contribution in [3.63, 3.8) is 0 Å². The average Bonchev–Trinajstić information content (AvgIpc) is 3.00. The van der Waals surface area contributed by atoms with E-state index in [1.54, 1.807) is 0 Å². The van der Waals surface area contributed by atoms with E-state index < -0.39 is 22.0 Å². The molecule has 1 atom stereocenters. The third kappa shape index (κ3) is 3.20. The molecule has 9 heteroatoms. The molecule has 0 saturated heterocycles. The lowest BCUT2D eigenvalue weighted by molar-refractivity contribution is -0.138. The number of hydrogen-bond donors (Lipinski definition) is 4. The number of sulfonamides is 1. The molecule has 19 heavy (non-hydrogen) atoms. The van der Waals surface area contributed by atoms with Gasteiger partial charge in [-0.25, -0.2) is 13.4 Å². The van der Waals surface area contributed by atoms with Crippen LogP contribution in [0.2, 0.25) is 0 Å². The molecule has 2 aromatic heterocycles. The molecule has 0 unspecified atom stereocenters. The number of H-pyrrole nitrogens is 2. The van der Waals surface area contributed by atoms with E-state index in [4.69, 9.17) is 5.11 Å². The van der Waals surface area contributed by atoms with E-state index >= 15 is 0 Å². The Labute approximate surface area is 108 Å². The molecule has 0 saturated carbocycles. The molecule has 8 nitrogen and oxygen atoms in total. The first kappa shape index (κ1) is 13.3. The minimum atomic E-state index is -3.86. The Bertz CT molecular complexity index is 633. The predicted octanol–water partition coefficient (Wildman–Crippen LogP) is -0.288. The zero-order valence-corrected chi connectivity index (χ0v) is 10.5. The molecule has 102 valence electrons. The molecule has 0 aliphatic heterocycles. The Hall–Kier alpha value is -2.13. The van der Waals surface area contributed by atoms with Crippen LogP contribution in [0.25, 0.3) is 0 Å². The summed E-state index contributed by atoms with van der Waals surface area (Å²) in [7, 11) is -3.86. The van der Waals surface area contributed by atoms with Crippen molar-refractivity contribution in [1.82, 2.24) is 19.7 Å². The number of nitrogens with zero attached hydrogens (tertiary/aromatic N) is 1. The molecule has 0 spiro atoms. The van der Waals surface area contributed by atoms with Crippen molar-refractivity contribution in [2.45, 2.75) is 17.4 Å². The SMILES string of the molecule is O=C(O)[C@@H](Cc1cnc[nH]1)NS(=O)(=O)c1cc[nH]c1. The monoisotopic (exact) mass is 284 g/mol. The fourth-order valence-electron chi connectivity index (χ4n) is 1.53. The first-order chi connectivity index (χ1) is 8.99. The van der Waals surface area contributed by atoms with Crippen LogP contribution in [-0.2, 0) is 21.2 Å².